The third-order valence-corrected chi connectivity index (χ3v) is 4.23. The van der Waals surface area contributed by atoms with Gasteiger partial charge in [-0.3, -0.25) is 0 Å². The first kappa shape index (κ1) is 15.3. The fourth-order valence-electron chi connectivity index (χ4n) is 3.21. The summed E-state index contributed by atoms with van der Waals surface area (Å²) in [5, 5.41) is 0. The van der Waals surface area contributed by atoms with Gasteiger partial charge in [0.05, 0.1) is 18.8 Å². The van der Waals surface area contributed by atoms with E-state index in [9.17, 15) is 4.39 Å². The fourth-order valence-corrected chi connectivity index (χ4v) is 3.21. The van der Waals surface area contributed by atoms with Crippen LogP contribution in [-0.4, -0.2) is 19.3 Å². The number of hydrogen-bond acceptors (Lipinski definition) is 3. The molecule has 1 saturated carbocycles. The SMILES string of the molecule is CCOC1(C(N)c2cc(F)ccc2OC)CCCCC1. The van der Waals surface area contributed by atoms with Gasteiger partial charge in [0.25, 0.3) is 0 Å². The molecular weight excluding hydrogens is 257 g/mol. The lowest BCUT2D eigenvalue weighted by atomic mass is 9.76. The summed E-state index contributed by atoms with van der Waals surface area (Å²) in [6.45, 7) is 2.59. The summed E-state index contributed by atoms with van der Waals surface area (Å²) >= 11 is 0. The molecule has 1 aromatic rings. The van der Waals surface area contributed by atoms with Crippen LogP contribution in [0.15, 0.2) is 18.2 Å². The number of benzene rings is 1. The highest BCUT2D eigenvalue weighted by Crippen LogP contribution is 2.42. The number of methoxy groups -OCH3 is 1. The van der Waals surface area contributed by atoms with E-state index in [0.717, 1.165) is 25.7 Å². The highest BCUT2D eigenvalue weighted by atomic mass is 19.1. The van der Waals surface area contributed by atoms with Crippen LogP contribution in [0, 0.1) is 5.82 Å². The quantitative estimate of drug-likeness (QED) is 0.897. The van der Waals surface area contributed by atoms with E-state index in [4.69, 9.17) is 15.2 Å². The summed E-state index contributed by atoms with van der Waals surface area (Å²) in [7, 11) is 1.58. The first-order valence-corrected chi connectivity index (χ1v) is 7.36. The molecule has 1 aliphatic carbocycles. The molecular formula is C16H24FNO2. The van der Waals surface area contributed by atoms with E-state index in [2.05, 4.69) is 0 Å². The van der Waals surface area contributed by atoms with Crippen molar-refractivity contribution >= 4 is 0 Å². The topological polar surface area (TPSA) is 44.5 Å². The van der Waals surface area contributed by atoms with E-state index in [1.807, 2.05) is 6.92 Å². The van der Waals surface area contributed by atoms with Crippen LogP contribution in [0.2, 0.25) is 0 Å². The molecule has 112 valence electrons. The molecule has 3 nitrogen and oxygen atoms in total. The van der Waals surface area contributed by atoms with E-state index >= 15 is 0 Å². The molecule has 1 fully saturated rings. The molecule has 4 heteroatoms. The fraction of sp³-hybridized carbons (Fsp3) is 0.625. The third kappa shape index (κ3) is 2.96. The average Bonchev–Trinajstić information content (AvgIpc) is 2.47. The van der Waals surface area contributed by atoms with E-state index < -0.39 is 5.60 Å². The monoisotopic (exact) mass is 281 g/mol. The number of nitrogens with two attached hydrogens (primary N) is 1. The van der Waals surface area contributed by atoms with Crippen LogP contribution in [0.25, 0.3) is 0 Å². The van der Waals surface area contributed by atoms with Crippen LogP contribution in [0.1, 0.15) is 50.6 Å². The molecule has 2 N–H and O–H groups in total. The first-order valence-electron chi connectivity index (χ1n) is 7.36. The molecule has 1 aliphatic rings. The molecule has 20 heavy (non-hydrogen) atoms. The number of rotatable bonds is 5. The summed E-state index contributed by atoms with van der Waals surface area (Å²) in [4.78, 5) is 0. The molecule has 1 aromatic carbocycles. The Morgan fingerprint density at radius 1 is 1.30 bits per heavy atom. The standard InChI is InChI=1S/C16H24FNO2/c1-3-20-16(9-5-4-6-10-16)15(18)13-11-12(17)7-8-14(13)19-2/h7-8,11,15H,3-6,9-10,18H2,1-2H3. The first-order chi connectivity index (χ1) is 9.63. The van der Waals surface area contributed by atoms with E-state index in [1.165, 1.54) is 18.6 Å². The van der Waals surface area contributed by atoms with Crippen molar-refractivity contribution in [2.24, 2.45) is 5.73 Å². The van der Waals surface area contributed by atoms with E-state index in [0.29, 0.717) is 17.9 Å². The Kier molecular flexibility index (Phi) is 5.00. The maximum absolute atomic E-state index is 13.6. The van der Waals surface area contributed by atoms with Gasteiger partial charge in [-0.2, -0.15) is 0 Å². The van der Waals surface area contributed by atoms with Crippen LogP contribution in [0.5, 0.6) is 5.75 Å². The smallest absolute Gasteiger partial charge is 0.123 e. The lowest BCUT2D eigenvalue weighted by Gasteiger charge is -2.42. The van der Waals surface area contributed by atoms with Crippen molar-refractivity contribution in [3.63, 3.8) is 0 Å². The normalized spacial score (nSPS) is 19.6. The van der Waals surface area contributed by atoms with Crippen LogP contribution >= 0.6 is 0 Å². The van der Waals surface area contributed by atoms with Crippen molar-refractivity contribution < 1.29 is 13.9 Å². The molecule has 0 aromatic heterocycles. The van der Waals surface area contributed by atoms with Crippen molar-refractivity contribution in [3.8, 4) is 5.75 Å². The summed E-state index contributed by atoms with van der Waals surface area (Å²) in [6, 6.07) is 4.13. The Labute approximate surface area is 120 Å². The largest absolute Gasteiger partial charge is 0.496 e. The lowest BCUT2D eigenvalue weighted by molar-refractivity contribution is -0.0834. The Morgan fingerprint density at radius 3 is 2.60 bits per heavy atom. The molecule has 0 heterocycles. The molecule has 0 radical (unpaired) electrons. The van der Waals surface area contributed by atoms with Crippen molar-refractivity contribution in [1.82, 2.24) is 0 Å². The van der Waals surface area contributed by atoms with E-state index in [-0.39, 0.29) is 11.9 Å². The molecule has 2 rings (SSSR count). The minimum absolute atomic E-state index is 0.293. The summed E-state index contributed by atoms with van der Waals surface area (Å²) < 4.78 is 24.9. The second-order valence-electron chi connectivity index (χ2n) is 5.42. The molecule has 0 aliphatic heterocycles. The molecule has 1 atom stereocenters. The van der Waals surface area contributed by atoms with Crippen molar-refractivity contribution in [3.05, 3.63) is 29.6 Å². The van der Waals surface area contributed by atoms with Gasteiger partial charge in [0.2, 0.25) is 0 Å². The van der Waals surface area contributed by atoms with Gasteiger partial charge in [-0.1, -0.05) is 19.3 Å². The maximum Gasteiger partial charge on any atom is 0.123 e. The van der Waals surface area contributed by atoms with Gasteiger partial charge in [-0.15, -0.1) is 0 Å². The van der Waals surface area contributed by atoms with Crippen molar-refractivity contribution in [1.29, 1.82) is 0 Å². The Bertz CT molecular complexity index is 439. The van der Waals surface area contributed by atoms with Crippen LogP contribution in [0.4, 0.5) is 4.39 Å². The van der Waals surface area contributed by atoms with Crippen LogP contribution in [0.3, 0.4) is 0 Å². The molecule has 0 saturated heterocycles. The second kappa shape index (κ2) is 6.55. The van der Waals surface area contributed by atoms with Crippen molar-refractivity contribution in [2.45, 2.75) is 50.7 Å². The van der Waals surface area contributed by atoms with Gasteiger partial charge >= 0.3 is 0 Å². The Morgan fingerprint density at radius 2 is 2.00 bits per heavy atom. The number of hydrogen-bond donors (Lipinski definition) is 1. The summed E-state index contributed by atoms with van der Waals surface area (Å²) in [6.07, 6.45) is 5.25. The minimum atomic E-state index is -0.395. The van der Waals surface area contributed by atoms with Gasteiger partial charge in [0.1, 0.15) is 11.6 Å². The summed E-state index contributed by atoms with van der Waals surface area (Å²) in [5.74, 6) is 0.335. The predicted octanol–water partition coefficient (Wildman–Crippen LogP) is 3.57. The Hall–Kier alpha value is -1.13. The van der Waals surface area contributed by atoms with E-state index in [1.54, 1.807) is 13.2 Å². The molecule has 0 bridgehead atoms. The molecule has 0 spiro atoms. The number of halogens is 1. The summed E-state index contributed by atoms with van der Waals surface area (Å²) in [5.41, 5.74) is 6.77. The number of ether oxygens (including phenoxy) is 2. The Balaban J connectivity index is 2.36. The van der Waals surface area contributed by atoms with Gasteiger partial charge in [0, 0.05) is 12.2 Å². The average molecular weight is 281 g/mol. The molecule has 1 unspecified atom stereocenters. The zero-order valence-electron chi connectivity index (χ0n) is 12.3. The molecule has 0 amide bonds. The maximum atomic E-state index is 13.6. The third-order valence-electron chi connectivity index (χ3n) is 4.23. The second-order valence-corrected chi connectivity index (χ2v) is 5.42. The van der Waals surface area contributed by atoms with Gasteiger partial charge < -0.3 is 15.2 Å². The van der Waals surface area contributed by atoms with Crippen molar-refractivity contribution in [2.75, 3.05) is 13.7 Å². The zero-order valence-corrected chi connectivity index (χ0v) is 12.3. The highest BCUT2D eigenvalue weighted by molar-refractivity contribution is 5.38. The minimum Gasteiger partial charge on any atom is -0.496 e. The van der Waals surface area contributed by atoms with Gasteiger partial charge in [-0.25, -0.2) is 4.39 Å². The lowest BCUT2D eigenvalue weighted by Crippen LogP contribution is -2.45. The van der Waals surface area contributed by atoms with Gasteiger partial charge in [-0.05, 0) is 38.0 Å². The zero-order chi connectivity index (χ0) is 14.6. The van der Waals surface area contributed by atoms with Gasteiger partial charge in [0.15, 0.2) is 0 Å². The van der Waals surface area contributed by atoms with Crippen LogP contribution < -0.4 is 10.5 Å². The van der Waals surface area contributed by atoms with Crippen LogP contribution in [-0.2, 0) is 4.74 Å². The predicted molar refractivity (Wildman–Crippen MR) is 77.3 cm³/mol. The highest BCUT2D eigenvalue weighted by Gasteiger charge is 2.40.